The minimum atomic E-state index is -1.05. The summed E-state index contributed by atoms with van der Waals surface area (Å²) in [6.07, 6.45) is 3.89. The zero-order chi connectivity index (χ0) is 11.1. The standard InChI is InChI=1S/C10H16N2O3/c11-7(9(14)15)6-12-4-3-10(1-2-10)5-8(12)13/h7H,1-6,11H2,(H,14,15). The van der Waals surface area contributed by atoms with E-state index in [2.05, 4.69) is 0 Å². The molecule has 0 aromatic heterocycles. The first-order valence-corrected chi connectivity index (χ1v) is 5.29. The number of aliphatic carboxylic acids is 1. The highest BCUT2D eigenvalue weighted by molar-refractivity contribution is 5.80. The summed E-state index contributed by atoms with van der Waals surface area (Å²) in [7, 11) is 0. The van der Waals surface area contributed by atoms with Crippen molar-refractivity contribution in [3.8, 4) is 0 Å². The molecular weight excluding hydrogens is 196 g/mol. The number of carboxylic acid groups (broad SMARTS) is 1. The van der Waals surface area contributed by atoms with Gasteiger partial charge in [0.25, 0.3) is 0 Å². The van der Waals surface area contributed by atoms with Crippen LogP contribution < -0.4 is 5.73 Å². The van der Waals surface area contributed by atoms with Gasteiger partial charge in [-0.2, -0.15) is 0 Å². The zero-order valence-corrected chi connectivity index (χ0v) is 8.61. The Hall–Kier alpha value is -1.10. The number of likely N-dealkylation sites (tertiary alicyclic amines) is 1. The van der Waals surface area contributed by atoms with Gasteiger partial charge in [0, 0.05) is 19.5 Å². The minimum absolute atomic E-state index is 0.0652. The van der Waals surface area contributed by atoms with E-state index in [1.54, 1.807) is 4.90 Å². The van der Waals surface area contributed by atoms with Gasteiger partial charge in [-0.1, -0.05) is 0 Å². The second-order valence-electron chi connectivity index (χ2n) is 4.71. The first-order chi connectivity index (χ1) is 7.02. The molecule has 1 saturated heterocycles. The predicted octanol–water partition coefficient (Wildman–Crippen LogP) is -0.199. The Kier molecular flexibility index (Phi) is 2.42. The van der Waals surface area contributed by atoms with Crippen LogP contribution in [0.2, 0.25) is 0 Å². The molecule has 0 aromatic carbocycles. The Morgan fingerprint density at radius 3 is 2.67 bits per heavy atom. The molecule has 15 heavy (non-hydrogen) atoms. The average Bonchev–Trinajstić information content (AvgIpc) is 2.90. The van der Waals surface area contributed by atoms with Crippen LogP contribution in [-0.2, 0) is 9.59 Å². The van der Waals surface area contributed by atoms with Crippen LogP contribution in [0.3, 0.4) is 0 Å². The van der Waals surface area contributed by atoms with E-state index in [0.29, 0.717) is 13.0 Å². The Morgan fingerprint density at radius 2 is 2.20 bits per heavy atom. The van der Waals surface area contributed by atoms with Crippen molar-refractivity contribution in [3.63, 3.8) is 0 Å². The normalized spacial score (nSPS) is 25.4. The molecule has 2 fully saturated rings. The molecule has 1 saturated carbocycles. The minimum Gasteiger partial charge on any atom is -0.480 e. The maximum atomic E-state index is 11.7. The van der Waals surface area contributed by atoms with Crippen molar-refractivity contribution in [1.82, 2.24) is 4.90 Å². The van der Waals surface area contributed by atoms with Crippen molar-refractivity contribution >= 4 is 11.9 Å². The van der Waals surface area contributed by atoms with Gasteiger partial charge in [-0.15, -0.1) is 0 Å². The van der Waals surface area contributed by atoms with E-state index < -0.39 is 12.0 Å². The fourth-order valence-electron chi connectivity index (χ4n) is 2.13. The number of hydrogen-bond donors (Lipinski definition) is 2. The largest absolute Gasteiger partial charge is 0.480 e. The molecule has 84 valence electrons. The highest BCUT2D eigenvalue weighted by atomic mass is 16.4. The third-order valence-corrected chi connectivity index (χ3v) is 3.48. The Morgan fingerprint density at radius 1 is 1.53 bits per heavy atom. The highest BCUT2D eigenvalue weighted by Gasteiger charge is 2.47. The summed E-state index contributed by atoms with van der Waals surface area (Å²) in [6, 6.07) is -0.956. The molecule has 1 spiro atoms. The Balaban J connectivity index is 1.88. The van der Waals surface area contributed by atoms with Gasteiger partial charge in [-0.25, -0.2) is 0 Å². The third kappa shape index (κ3) is 2.12. The van der Waals surface area contributed by atoms with Crippen molar-refractivity contribution in [3.05, 3.63) is 0 Å². The summed E-state index contributed by atoms with van der Waals surface area (Å²) >= 11 is 0. The first-order valence-electron chi connectivity index (χ1n) is 5.29. The quantitative estimate of drug-likeness (QED) is 0.678. The van der Waals surface area contributed by atoms with E-state index in [0.717, 1.165) is 19.3 Å². The van der Waals surface area contributed by atoms with Gasteiger partial charge in [0.1, 0.15) is 6.04 Å². The number of carbonyl (C=O) groups excluding carboxylic acids is 1. The zero-order valence-electron chi connectivity index (χ0n) is 8.61. The molecular formula is C10H16N2O3. The van der Waals surface area contributed by atoms with Gasteiger partial charge >= 0.3 is 5.97 Å². The molecule has 1 aliphatic heterocycles. The summed E-state index contributed by atoms with van der Waals surface area (Å²) in [5, 5.41) is 8.65. The Bertz CT molecular complexity index is 299. The molecule has 1 amide bonds. The maximum Gasteiger partial charge on any atom is 0.322 e. The summed E-state index contributed by atoms with van der Waals surface area (Å²) in [6.45, 7) is 0.810. The van der Waals surface area contributed by atoms with Crippen LogP contribution in [0, 0.1) is 5.41 Å². The van der Waals surface area contributed by atoms with E-state index in [-0.39, 0.29) is 17.9 Å². The highest BCUT2D eigenvalue weighted by Crippen LogP contribution is 2.53. The topological polar surface area (TPSA) is 83.6 Å². The summed E-state index contributed by atoms with van der Waals surface area (Å²) < 4.78 is 0. The molecule has 5 nitrogen and oxygen atoms in total. The molecule has 2 aliphatic rings. The summed E-state index contributed by atoms with van der Waals surface area (Å²) in [5.41, 5.74) is 5.68. The van der Waals surface area contributed by atoms with Gasteiger partial charge in [0.2, 0.25) is 5.91 Å². The van der Waals surface area contributed by atoms with E-state index in [1.807, 2.05) is 0 Å². The fourth-order valence-corrected chi connectivity index (χ4v) is 2.13. The molecule has 0 bridgehead atoms. The molecule has 1 heterocycles. The molecule has 1 aliphatic carbocycles. The van der Waals surface area contributed by atoms with Crippen molar-refractivity contribution < 1.29 is 14.7 Å². The lowest BCUT2D eigenvalue weighted by molar-refractivity contribution is -0.141. The van der Waals surface area contributed by atoms with Crippen LogP contribution in [0.4, 0.5) is 0 Å². The van der Waals surface area contributed by atoms with Gasteiger partial charge in [-0.05, 0) is 24.7 Å². The van der Waals surface area contributed by atoms with Crippen LogP contribution in [0.25, 0.3) is 0 Å². The molecule has 2 rings (SSSR count). The van der Waals surface area contributed by atoms with Crippen molar-refractivity contribution in [1.29, 1.82) is 0 Å². The lowest BCUT2D eigenvalue weighted by atomic mass is 9.93. The van der Waals surface area contributed by atoms with Gasteiger partial charge < -0.3 is 15.7 Å². The molecule has 1 atom stereocenters. The van der Waals surface area contributed by atoms with Crippen LogP contribution in [0.5, 0.6) is 0 Å². The molecule has 3 N–H and O–H groups in total. The van der Waals surface area contributed by atoms with Crippen molar-refractivity contribution in [2.45, 2.75) is 31.7 Å². The van der Waals surface area contributed by atoms with Crippen LogP contribution in [0.15, 0.2) is 0 Å². The second-order valence-corrected chi connectivity index (χ2v) is 4.71. The van der Waals surface area contributed by atoms with Gasteiger partial charge in [-0.3, -0.25) is 9.59 Å². The van der Waals surface area contributed by atoms with E-state index in [9.17, 15) is 9.59 Å². The third-order valence-electron chi connectivity index (χ3n) is 3.48. The van der Waals surface area contributed by atoms with Gasteiger partial charge in [0.15, 0.2) is 0 Å². The van der Waals surface area contributed by atoms with Gasteiger partial charge in [0.05, 0.1) is 0 Å². The number of piperidine rings is 1. The maximum absolute atomic E-state index is 11.7. The molecule has 0 radical (unpaired) electrons. The predicted molar refractivity (Wildman–Crippen MR) is 53.1 cm³/mol. The second kappa shape index (κ2) is 3.48. The number of nitrogens with two attached hydrogens (primary N) is 1. The average molecular weight is 212 g/mol. The van der Waals surface area contributed by atoms with Crippen LogP contribution in [0.1, 0.15) is 25.7 Å². The van der Waals surface area contributed by atoms with Crippen LogP contribution >= 0.6 is 0 Å². The molecule has 5 heteroatoms. The number of hydrogen-bond acceptors (Lipinski definition) is 3. The Labute approximate surface area is 88.2 Å². The monoisotopic (exact) mass is 212 g/mol. The number of carboxylic acids is 1. The smallest absolute Gasteiger partial charge is 0.322 e. The summed E-state index contributed by atoms with van der Waals surface area (Å²) in [5.74, 6) is -0.982. The number of carbonyl (C=O) groups is 2. The SMILES string of the molecule is NC(CN1CCC2(CC2)CC1=O)C(=O)O. The number of rotatable bonds is 3. The lowest BCUT2D eigenvalue weighted by Crippen LogP contribution is -2.48. The number of nitrogens with zero attached hydrogens (tertiary/aromatic N) is 1. The molecule has 0 aromatic rings. The van der Waals surface area contributed by atoms with E-state index in [1.165, 1.54) is 0 Å². The van der Waals surface area contributed by atoms with Crippen molar-refractivity contribution in [2.24, 2.45) is 11.1 Å². The molecule has 1 unspecified atom stereocenters. The lowest BCUT2D eigenvalue weighted by Gasteiger charge is -2.32. The first kappa shape index (κ1) is 10.4. The summed E-state index contributed by atoms with van der Waals surface area (Å²) in [4.78, 5) is 23.8. The van der Waals surface area contributed by atoms with E-state index >= 15 is 0 Å². The van der Waals surface area contributed by atoms with Crippen molar-refractivity contribution in [2.75, 3.05) is 13.1 Å². The van der Waals surface area contributed by atoms with E-state index in [4.69, 9.17) is 10.8 Å². The van der Waals surface area contributed by atoms with Crippen LogP contribution in [-0.4, -0.2) is 41.0 Å². The fraction of sp³-hybridized carbons (Fsp3) is 0.800. The number of amides is 1.